The highest BCUT2D eigenvalue weighted by Gasteiger charge is 2.31. The van der Waals surface area contributed by atoms with Crippen molar-refractivity contribution < 1.29 is 8.42 Å². The van der Waals surface area contributed by atoms with Crippen LogP contribution in [0.2, 0.25) is 0 Å². The average molecular weight is 353 g/mol. The fraction of sp³-hybridized carbons (Fsp3) is 0.636. The van der Waals surface area contributed by atoms with Gasteiger partial charge in [0.25, 0.3) is 10.0 Å². The normalized spacial score (nSPS) is 21.1. The Morgan fingerprint density at radius 3 is 2.50 bits per heavy atom. The predicted molar refractivity (Wildman–Crippen MR) is 77.2 cm³/mol. The van der Waals surface area contributed by atoms with Gasteiger partial charge in [-0.25, -0.2) is 8.42 Å². The van der Waals surface area contributed by atoms with Crippen molar-refractivity contribution in [2.75, 3.05) is 13.1 Å². The summed E-state index contributed by atoms with van der Waals surface area (Å²) in [6.07, 6.45) is 1.70. The highest BCUT2D eigenvalue weighted by atomic mass is 79.9. The lowest BCUT2D eigenvalue weighted by molar-refractivity contribution is 0.251. The predicted octanol–water partition coefficient (Wildman–Crippen LogP) is 2.26. The van der Waals surface area contributed by atoms with E-state index in [1.54, 1.807) is 16.4 Å². The molecule has 0 aliphatic carbocycles. The number of nitrogens with zero attached hydrogens (tertiary/aromatic N) is 1. The smallest absolute Gasteiger partial charge is 0.252 e. The van der Waals surface area contributed by atoms with Gasteiger partial charge >= 0.3 is 0 Å². The minimum atomic E-state index is -3.31. The standard InChI is InChI=1S/C11H17BrN2O2S2/c1-8(13)9-4-6-14(7-5-9)18(15,16)11-3-2-10(12)17-11/h2-3,8-9H,4-7,13H2,1H3. The summed E-state index contributed by atoms with van der Waals surface area (Å²) in [5, 5.41) is 0. The summed E-state index contributed by atoms with van der Waals surface area (Å²) >= 11 is 4.55. The quantitative estimate of drug-likeness (QED) is 0.907. The van der Waals surface area contributed by atoms with Crippen LogP contribution < -0.4 is 5.73 Å². The van der Waals surface area contributed by atoms with Crippen molar-refractivity contribution in [1.82, 2.24) is 4.31 Å². The van der Waals surface area contributed by atoms with Gasteiger partial charge in [-0.3, -0.25) is 0 Å². The second-order valence-corrected chi connectivity index (χ2v) is 9.29. The van der Waals surface area contributed by atoms with Crippen molar-refractivity contribution in [3.63, 3.8) is 0 Å². The number of nitrogens with two attached hydrogens (primary N) is 1. The van der Waals surface area contributed by atoms with E-state index in [1.807, 2.05) is 6.92 Å². The molecule has 1 aliphatic heterocycles. The van der Waals surface area contributed by atoms with E-state index in [2.05, 4.69) is 15.9 Å². The molecule has 0 bridgehead atoms. The Morgan fingerprint density at radius 2 is 2.06 bits per heavy atom. The molecule has 1 aliphatic rings. The molecule has 2 rings (SSSR count). The third kappa shape index (κ3) is 2.96. The molecule has 1 aromatic rings. The number of hydrogen-bond donors (Lipinski definition) is 1. The number of thiophene rings is 1. The molecule has 1 unspecified atom stereocenters. The summed E-state index contributed by atoms with van der Waals surface area (Å²) in [6.45, 7) is 3.14. The van der Waals surface area contributed by atoms with Crippen LogP contribution in [-0.2, 0) is 10.0 Å². The second kappa shape index (κ2) is 5.58. The Balaban J connectivity index is 2.09. The molecular weight excluding hydrogens is 336 g/mol. The van der Waals surface area contributed by atoms with Gasteiger partial charge < -0.3 is 5.73 Å². The van der Waals surface area contributed by atoms with Crippen LogP contribution in [0.15, 0.2) is 20.1 Å². The van der Waals surface area contributed by atoms with Crippen molar-refractivity contribution in [1.29, 1.82) is 0 Å². The molecule has 2 N–H and O–H groups in total. The Labute approximate surface area is 120 Å². The molecule has 7 heteroatoms. The largest absolute Gasteiger partial charge is 0.328 e. The maximum absolute atomic E-state index is 12.4. The molecular formula is C11H17BrN2O2S2. The van der Waals surface area contributed by atoms with Gasteiger partial charge in [-0.15, -0.1) is 11.3 Å². The van der Waals surface area contributed by atoms with E-state index in [-0.39, 0.29) is 6.04 Å². The first-order valence-electron chi connectivity index (χ1n) is 5.92. The summed E-state index contributed by atoms with van der Waals surface area (Å²) in [4.78, 5) is 0. The first-order valence-corrected chi connectivity index (χ1v) is 8.97. The van der Waals surface area contributed by atoms with Gasteiger partial charge in [-0.05, 0) is 53.7 Å². The second-order valence-electron chi connectivity index (χ2n) is 4.66. The van der Waals surface area contributed by atoms with Crippen LogP contribution in [0.4, 0.5) is 0 Å². The minimum absolute atomic E-state index is 0.144. The lowest BCUT2D eigenvalue weighted by Crippen LogP contribution is -2.42. The highest BCUT2D eigenvalue weighted by Crippen LogP contribution is 2.31. The molecule has 0 saturated carbocycles. The summed E-state index contributed by atoms with van der Waals surface area (Å²) in [5.41, 5.74) is 5.86. The van der Waals surface area contributed by atoms with Gasteiger partial charge in [-0.2, -0.15) is 4.31 Å². The van der Waals surface area contributed by atoms with E-state index >= 15 is 0 Å². The van der Waals surface area contributed by atoms with Gasteiger partial charge in [0.1, 0.15) is 4.21 Å². The average Bonchev–Trinajstić information content (AvgIpc) is 2.76. The summed E-state index contributed by atoms with van der Waals surface area (Å²) < 4.78 is 27.5. The lowest BCUT2D eigenvalue weighted by atomic mass is 9.92. The van der Waals surface area contributed by atoms with Gasteiger partial charge in [0.2, 0.25) is 0 Å². The lowest BCUT2D eigenvalue weighted by Gasteiger charge is -2.32. The van der Waals surface area contributed by atoms with Crippen LogP contribution in [0.3, 0.4) is 0 Å². The summed E-state index contributed by atoms with van der Waals surface area (Å²) in [7, 11) is -3.31. The fourth-order valence-electron chi connectivity index (χ4n) is 2.21. The molecule has 18 heavy (non-hydrogen) atoms. The van der Waals surface area contributed by atoms with Crippen LogP contribution >= 0.6 is 27.3 Å². The first kappa shape index (κ1) is 14.5. The van der Waals surface area contributed by atoms with Crippen molar-refractivity contribution in [3.05, 3.63) is 15.9 Å². The zero-order chi connectivity index (χ0) is 13.3. The van der Waals surface area contributed by atoms with E-state index < -0.39 is 10.0 Å². The fourth-order valence-corrected chi connectivity index (χ4v) is 5.84. The first-order chi connectivity index (χ1) is 8.41. The molecule has 0 amide bonds. The zero-order valence-corrected chi connectivity index (χ0v) is 13.4. The van der Waals surface area contributed by atoms with Gasteiger partial charge in [-0.1, -0.05) is 0 Å². The zero-order valence-electron chi connectivity index (χ0n) is 10.2. The topological polar surface area (TPSA) is 63.4 Å². The van der Waals surface area contributed by atoms with Crippen LogP contribution in [0.5, 0.6) is 0 Å². The molecule has 4 nitrogen and oxygen atoms in total. The molecule has 0 radical (unpaired) electrons. The highest BCUT2D eigenvalue weighted by molar-refractivity contribution is 9.11. The van der Waals surface area contributed by atoms with Gasteiger partial charge in [0.05, 0.1) is 3.79 Å². The molecule has 2 heterocycles. The molecule has 1 atom stereocenters. The van der Waals surface area contributed by atoms with Crippen molar-refractivity contribution in [2.45, 2.75) is 30.0 Å². The number of piperidine rings is 1. The van der Waals surface area contributed by atoms with Crippen molar-refractivity contribution in [2.24, 2.45) is 11.7 Å². The van der Waals surface area contributed by atoms with Crippen LogP contribution in [0.1, 0.15) is 19.8 Å². The van der Waals surface area contributed by atoms with E-state index in [9.17, 15) is 8.42 Å². The van der Waals surface area contributed by atoms with E-state index in [0.717, 1.165) is 16.6 Å². The van der Waals surface area contributed by atoms with Crippen LogP contribution in [0, 0.1) is 5.92 Å². The Kier molecular flexibility index (Phi) is 4.48. The minimum Gasteiger partial charge on any atom is -0.328 e. The molecule has 1 aromatic heterocycles. The Bertz CT molecular complexity index is 505. The van der Waals surface area contributed by atoms with E-state index in [0.29, 0.717) is 23.2 Å². The van der Waals surface area contributed by atoms with E-state index in [1.165, 1.54) is 11.3 Å². The molecule has 102 valence electrons. The Morgan fingerprint density at radius 1 is 1.44 bits per heavy atom. The molecule has 0 spiro atoms. The maximum Gasteiger partial charge on any atom is 0.252 e. The number of hydrogen-bond acceptors (Lipinski definition) is 4. The van der Waals surface area contributed by atoms with Crippen molar-refractivity contribution >= 4 is 37.3 Å². The van der Waals surface area contributed by atoms with E-state index in [4.69, 9.17) is 5.73 Å². The number of halogens is 1. The summed E-state index contributed by atoms with van der Waals surface area (Å²) in [6, 6.07) is 3.57. The third-order valence-electron chi connectivity index (χ3n) is 3.38. The van der Waals surface area contributed by atoms with Crippen LogP contribution in [-0.4, -0.2) is 31.9 Å². The van der Waals surface area contributed by atoms with Gasteiger partial charge in [0, 0.05) is 19.1 Å². The number of rotatable bonds is 3. The molecule has 1 saturated heterocycles. The maximum atomic E-state index is 12.4. The SMILES string of the molecule is CC(N)C1CCN(S(=O)(=O)c2ccc(Br)s2)CC1. The Hall–Kier alpha value is 0.0500. The van der Waals surface area contributed by atoms with Crippen LogP contribution in [0.25, 0.3) is 0 Å². The number of sulfonamides is 1. The van der Waals surface area contributed by atoms with Crippen molar-refractivity contribution in [3.8, 4) is 0 Å². The molecule has 1 fully saturated rings. The molecule has 0 aromatic carbocycles. The summed E-state index contributed by atoms with van der Waals surface area (Å²) in [5.74, 6) is 0.437. The monoisotopic (exact) mass is 352 g/mol. The van der Waals surface area contributed by atoms with Gasteiger partial charge in [0.15, 0.2) is 0 Å². The third-order valence-corrected chi connectivity index (χ3v) is 7.37.